The molecule has 0 aliphatic rings. The lowest BCUT2D eigenvalue weighted by molar-refractivity contribution is 0.878. The van der Waals surface area contributed by atoms with Gasteiger partial charge in [0.05, 0.1) is 12.5 Å². The average molecular weight is 143 g/mol. The van der Waals surface area contributed by atoms with Crippen molar-refractivity contribution in [3.05, 3.63) is 0 Å². The third kappa shape index (κ3) is 5.04. The maximum Gasteiger partial charge on any atom is 0.166 e. The topological polar surface area (TPSA) is 47.8 Å². The molecule has 9 heavy (non-hydrogen) atoms. The molecule has 0 atom stereocenters. The summed E-state index contributed by atoms with van der Waals surface area (Å²) in [6.45, 7) is 0.621. The van der Waals surface area contributed by atoms with Crippen LogP contribution in [0.5, 0.6) is 0 Å². The fourth-order valence-corrected chi connectivity index (χ4v) is 0.422. The van der Waals surface area contributed by atoms with E-state index >= 15 is 0 Å². The van der Waals surface area contributed by atoms with Gasteiger partial charge in [-0.3, -0.25) is 0 Å². The average Bonchev–Trinajstić information content (AvgIpc) is 1.89. The first-order valence-corrected chi connectivity index (χ1v) is 3.04. The van der Waals surface area contributed by atoms with E-state index in [1.165, 1.54) is 0 Å². The van der Waals surface area contributed by atoms with Crippen LogP contribution in [0.2, 0.25) is 0 Å². The first-order valence-electron chi connectivity index (χ1n) is 2.63. The summed E-state index contributed by atoms with van der Waals surface area (Å²) in [6.07, 6.45) is 0.488. The van der Waals surface area contributed by atoms with Crippen LogP contribution in [0, 0.1) is 11.3 Å². The number of nitrogens with one attached hydrogen (secondary N) is 2. The summed E-state index contributed by atoms with van der Waals surface area (Å²) in [4.78, 5) is 0. The zero-order valence-electron chi connectivity index (χ0n) is 5.27. The molecule has 0 rings (SSSR count). The summed E-state index contributed by atoms with van der Waals surface area (Å²) in [5.41, 5.74) is 0. The molecule has 0 unspecified atom stereocenters. The van der Waals surface area contributed by atoms with Gasteiger partial charge in [0, 0.05) is 13.6 Å². The number of nitrogens with zero attached hydrogens (tertiary/aromatic N) is 1. The summed E-state index contributed by atoms with van der Waals surface area (Å²) in [5, 5.41) is 14.3. The molecule has 0 aromatic rings. The zero-order valence-corrected chi connectivity index (χ0v) is 6.09. The van der Waals surface area contributed by atoms with Crippen molar-refractivity contribution in [2.24, 2.45) is 0 Å². The van der Waals surface area contributed by atoms with Crippen LogP contribution in [0.1, 0.15) is 6.42 Å². The largest absolute Gasteiger partial charge is 0.366 e. The molecule has 0 aromatic heterocycles. The lowest BCUT2D eigenvalue weighted by Gasteiger charge is -2.02. The maximum atomic E-state index is 8.10. The van der Waals surface area contributed by atoms with Crippen molar-refractivity contribution in [1.29, 1.82) is 5.26 Å². The third-order valence-electron chi connectivity index (χ3n) is 0.749. The van der Waals surface area contributed by atoms with Crippen LogP contribution in [-0.4, -0.2) is 18.7 Å². The predicted octanol–water partition coefficient (Wildman–Crippen LogP) is -0.00602. The molecule has 0 aliphatic heterocycles. The Balaban J connectivity index is 3.09. The molecule has 0 aromatic carbocycles. The predicted molar refractivity (Wildman–Crippen MR) is 39.9 cm³/mol. The van der Waals surface area contributed by atoms with E-state index in [4.69, 9.17) is 17.5 Å². The van der Waals surface area contributed by atoms with Crippen LogP contribution in [0.4, 0.5) is 0 Å². The minimum atomic E-state index is 0.488. The van der Waals surface area contributed by atoms with Gasteiger partial charge in [0.15, 0.2) is 5.11 Å². The minimum Gasteiger partial charge on any atom is -0.366 e. The first kappa shape index (κ1) is 8.18. The quantitative estimate of drug-likeness (QED) is 0.422. The van der Waals surface area contributed by atoms with Crippen LogP contribution in [-0.2, 0) is 0 Å². The van der Waals surface area contributed by atoms with Crippen LogP contribution < -0.4 is 10.6 Å². The Morgan fingerprint density at radius 1 is 1.78 bits per heavy atom. The van der Waals surface area contributed by atoms with Crippen LogP contribution >= 0.6 is 12.2 Å². The fourth-order valence-electron chi connectivity index (χ4n) is 0.320. The van der Waals surface area contributed by atoms with Gasteiger partial charge in [-0.05, 0) is 12.2 Å². The van der Waals surface area contributed by atoms with E-state index in [0.29, 0.717) is 18.1 Å². The molecule has 0 bridgehead atoms. The van der Waals surface area contributed by atoms with Gasteiger partial charge in [-0.1, -0.05) is 0 Å². The zero-order chi connectivity index (χ0) is 7.11. The molecular formula is C5H9N3S. The van der Waals surface area contributed by atoms with Crippen molar-refractivity contribution in [2.45, 2.75) is 6.42 Å². The number of hydrogen-bond donors (Lipinski definition) is 2. The summed E-state index contributed by atoms with van der Waals surface area (Å²) >= 11 is 4.74. The highest BCUT2D eigenvalue weighted by Gasteiger charge is 1.86. The van der Waals surface area contributed by atoms with Gasteiger partial charge in [-0.2, -0.15) is 5.26 Å². The Kier molecular flexibility index (Phi) is 4.83. The Morgan fingerprint density at radius 3 is 2.89 bits per heavy atom. The molecule has 4 heteroatoms. The number of hydrogen-bond acceptors (Lipinski definition) is 2. The van der Waals surface area contributed by atoms with E-state index in [2.05, 4.69) is 10.6 Å². The normalized spacial score (nSPS) is 7.56. The molecule has 2 N–H and O–H groups in total. The summed E-state index contributed by atoms with van der Waals surface area (Å²) in [6, 6.07) is 2.00. The van der Waals surface area contributed by atoms with E-state index in [0.717, 1.165) is 0 Å². The van der Waals surface area contributed by atoms with E-state index in [1.54, 1.807) is 7.05 Å². The highest BCUT2D eigenvalue weighted by Crippen LogP contribution is 1.69. The van der Waals surface area contributed by atoms with E-state index in [1.807, 2.05) is 6.07 Å². The van der Waals surface area contributed by atoms with Crippen LogP contribution in [0.25, 0.3) is 0 Å². The summed E-state index contributed by atoms with van der Waals surface area (Å²) in [5.74, 6) is 0. The Labute approximate surface area is 60.1 Å². The Morgan fingerprint density at radius 2 is 2.44 bits per heavy atom. The first-order chi connectivity index (χ1) is 4.31. The van der Waals surface area contributed by atoms with Gasteiger partial charge in [-0.15, -0.1) is 0 Å². The number of thiocarbonyl (C=S) groups is 1. The SMILES string of the molecule is CNC(=S)NCCC#N. The van der Waals surface area contributed by atoms with Crippen molar-refractivity contribution in [1.82, 2.24) is 10.6 Å². The van der Waals surface area contributed by atoms with E-state index in [9.17, 15) is 0 Å². The standard InChI is InChI=1S/C5H9N3S/c1-7-5(9)8-4-2-3-6/h2,4H2,1H3,(H2,7,8,9). The molecule has 0 radical (unpaired) electrons. The second-order valence-corrected chi connectivity index (χ2v) is 1.82. The monoisotopic (exact) mass is 143 g/mol. The third-order valence-corrected chi connectivity index (χ3v) is 1.10. The molecule has 0 fully saturated rings. The van der Waals surface area contributed by atoms with Crippen molar-refractivity contribution >= 4 is 17.3 Å². The van der Waals surface area contributed by atoms with Gasteiger partial charge >= 0.3 is 0 Å². The smallest absolute Gasteiger partial charge is 0.166 e. The van der Waals surface area contributed by atoms with Gasteiger partial charge in [0.25, 0.3) is 0 Å². The number of rotatable bonds is 2. The molecule has 50 valence electrons. The second-order valence-electron chi connectivity index (χ2n) is 1.41. The maximum absolute atomic E-state index is 8.10. The molecule has 0 heterocycles. The Hall–Kier alpha value is -0.820. The lowest BCUT2D eigenvalue weighted by Crippen LogP contribution is -2.32. The Bertz CT molecular complexity index is 127. The highest BCUT2D eigenvalue weighted by atomic mass is 32.1. The molecule has 0 saturated heterocycles. The lowest BCUT2D eigenvalue weighted by atomic mass is 10.5. The molecule has 0 saturated carbocycles. The van der Waals surface area contributed by atoms with Gasteiger partial charge < -0.3 is 10.6 Å². The van der Waals surface area contributed by atoms with Crippen LogP contribution in [0.15, 0.2) is 0 Å². The van der Waals surface area contributed by atoms with Crippen molar-refractivity contribution in [3.8, 4) is 6.07 Å². The molecule has 0 amide bonds. The van der Waals surface area contributed by atoms with Crippen molar-refractivity contribution < 1.29 is 0 Å². The van der Waals surface area contributed by atoms with Crippen molar-refractivity contribution in [2.75, 3.05) is 13.6 Å². The summed E-state index contributed by atoms with van der Waals surface area (Å²) < 4.78 is 0. The minimum absolute atomic E-state index is 0.488. The molecule has 3 nitrogen and oxygen atoms in total. The van der Waals surface area contributed by atoms with Crippen molar-refractivity contribution in [3.63, 3.8) is 0 Å². The second kappa shape index (κ2) is 5.32. The summed E-state index contributed by atoms with van der Waals surface area (Å²) in [7, 11) is 1.74. The van der Waals surface area contributed by atoms with Gasteiger partial charge in [0.2, 0.25) is 0 Å². The molecular weight excluding hydrogens is 134 g/mol. The van der Waals surface area contributed by atoms with Gasteiger partial charge in [0.1, 0.15) is 0 Å². The van der Waals surface area contributed by atoms with E-state index < -0.39 is 0 Å². The molecule has 0 aliphatic carbocycles. The highest BCUT2D eigenvalue weighted by molar-refractivity contribution is 7.80. The number of nitriles is 1. The fraction of sp³-hybridized carbons (Fsp3) is 0.600. The van der Waals surface area contributed by atoms with Gasteiger partial charge in [-0.25, -0.2) is 0 Å². The molecule has 0 spiro atoms. The van der Waals surface area contributed by atoms with Crippen LogP contribution in [0.3, 0.4) is 0 Å². The van der Waals surface area contributed by atoms with E-state index in [-0.39, 0.29) is 0 Å².